The van der Waals surface area contributed by atoms with Gasteiger partial charge in [0, 0.05) is 23.2 Å². The molecule has 0 saturated heterocycles. The smallest absolute Gasteiger partial charge is 0.329 e. The summed E-state index contributed by atoms with van der Waals surface area (Å²) in [5.41, 5.74) is 1.32. The second-order valence-electron chi connectivity index (χ2n) is 10.5. The van der Waals surface area contributed by atoms with Gasteiger partial charge in [0.15, 0.2) is 0 Å². The zero-order chi connectivity index (χ0) is 29.6. The number of carboxylic acid groups (broad SMARTS) is 1. The number of carbonyl (C=O) groups is 2. The quantitative estimate of drug-likeness (QED) is 0.240. The van der Waals surface area contributed by atoms with E-state index in [1.54, 1.807) is 49.6 Å². The van der Waals surface area contributed by atoms with Gasteiger partial charge in [0.25, 0.3) is 5.91 Å². The van der Waals surface area contributed by atoms with Crippen molar-refractivity contribution in [2.24, 2.45) is 0 Å². The molecule has 1 aromatic heterocycles. The van der Waals surface area contributed by atoms with Crippen LogP contribution in [0.3, 0.4) is 0 Å². The highest BCUT2D eigenvalue weighted by Crippen LogP contribution is 2.39. The molecule has 10 heteroatoms. The minimum atomic E-state index is -1.30. The highest BCUT2D eigenvalue weighted by atomic mass is 35.5. The third-order valence-electron chi connectivity index (χ3n) is 7.28. The summed E-state index contributed by atoms with van der Waals surface area (Å²) in [6, 6.07) is 14.0. The second-order valence-corrected chi connectivity index (χ2v) is 11.3. The summed E-state index contributed by atoms with van der Waals surface area (Å²) in [5, 5.41) is 13.7. The molecule has 1 amide bonds. The molecule has 8 nitrogen and oxygen atoms in total. The number of aromatic nitrogens is 1. The first kappa shape index (κ1) is 30.6. The molecule has 1 fully saturated rings. The molecule has 0 aliphatic heterocycles. The van der Waals surface area contributed by atoms with Crippen molar-refractivity contribution in [3.8, 4) is 33.9 Å². The summed E-state index contributed by atoms with van der Waals surface area (Å²) in [4.78, 5) is 32.4. The maximum absolute atomic E-state index is 13.4. The summed E-state index contributed by atoms with van der Waals surface area (Å²) >= 11 is 13.1. The molecule has 1 aliphatic rings. The molecule has 0 unspecified atom stereocenters. The molecule has 41 heavy (non-hydrogen) atoms. The first-order chi connectivity index (χ1) is 19.6. The van der Waals surface area contributed by atoms with E-state index in [4.69, 9.17) is 37.7 Å². The lowest BCUT2D eigenvalue weighted by Gasteiger charge is -2.33. The first-order valence-corrected chi connectivity index (χ1v) is 14.4. The van der Waals surface area contributed by atoms with Gasteiger partial charge < -0.3 is 24.8 Å². The molecular weight excluding hydrogens is 565 g/mol. The Bertz CT molecular complexity index is 1410. The van der Waals surface area contributed by atoms with E-state index >= 15 is 0 Å². The third kappa shape index (κ3) is 7.31. The Labute approximate surface area is 250 Å². The second kappa shape index (κ2) is 13.6. The molecule has 4 rings (SSSR count). The van der Waals surface area contributed by atoms with Gasteiger partial charge in [0.1, 0.15) is 22.7 Å². The van der Waals surface area contributed by atoms with E-state index in [0.29, 0.717) is 63.4 Å². The summed E-state index contributed by atoms with van der Waals surface area (Å²) < 4.78 is 11.3. The monoisotopic (exact) mass is 599 g/mol. The van der Waals surface area contributed by atoms with Gasteiger partial charge in [-0.25, -0.2) is 9.78 Å². The van der Waals surface area contributed by atoms with Crippen molar-refractivity contribution in [2.75, 3.05) is 34.4 Å². The van der Waals surface area contributed by atoms with Gasteiger partial charge in [0.05, 0.1) is 29.5 Å². The number of rotatable bonds is 11. The van der Waals surface area contributed by atoms with Crippen molar-refractivity contribution in [1.82, 2.24) is 15.2 Å². The largest absolute Gasteiger partial charge is 0.497 e. The number of methoxy groups -OCH3 is 1. The molecule has 218 valence electrons. The molecule has 1 heterocycles. The number of hydrogen-bond acceptors (Lipinski definition) is 6. The average molecular weight is 601 g/mol. The Morgan fingerprint density at radius 2 is 1.73 bits per heavy atom. The van der Waals surface area contributed by atoms with Crippen LogP contribution in [-0.4, -0.2) is 66.8 Å². The van der Waals surface area contributed by atoms with E-state index in [-0.39, 0.29) is 5.69 Å². The molecule has 1 saturated carbocycles. The van der Waals surface area contributed by atoms with E-state index in [2.05, 4.69) is 10.2 Å². The molecule has 0 atom stereocenters. The number of ether oxygens (including phenoxy) is 2. The van der Waals surface area contributed by atoms with E-state index in [0.717, 1.165) is 32.2 Å². The number of hydrogen-bond donors (Lipinski definition) is 2. The third-order valence-corrected chi connectivity index (χ3v) is 7.90. The Morgan fingerprint density at radius 3 is 2.39 bits per heavy atom. The van der Waals surface area contributed by atoms with Crippen LogP contribution in [0.2, 0.25) is 10.0 Å². The number of nitrogens with zero attached hydrogens (tertiary/aromatic N) is 2. The number of carbonyl (C=O) groups excluding carboxylic acids is 1. The van der Waals surface area contributed by atoms with Crippen molar-refractivity contribution < 1.29 is 24.2 Å². The molecule has 3 aromatic rings. The minimum Gasteiger partial charge on any atom is -0.497 e. The van der Waals surface area contributed by atoms with Crippen LogP contribution < -0.4 is 14.8 Å². The summed E-state index contributed by atoms with van der Waals surface area (Å²) in [7, 11) is 5.57. The Morgan fingerprint density at radius 1 is 1.00 bits per heavy atom. The van der Waals surface area contributed by atoms with E-state index in [1.165, 1.54) is 0 Å². The molecule has 0 radical (unpaired) electrons. The number of amides is 1. The van der Waals surface area contributed by atoms with Crippen LogP contribution in [-0.2, 0) is 4.79 Å². The molecule has 2 N–H and O–H groups in total. The number of aliphatic carboxylic acids is 1. The van der Waals surface area contributed by atoms with Crippen LogP contribution >= 0.6 is 23.2 Å². The van der Waals surface area contributed by atoms with Gasteiger partial charge in [-0.05, 0) is 75.8 Å². The van der Waals surface area contributed by atoms with Crippen LogP contribution in [0.15, 0.2) is 48.5 Å². The number of halogens is 2. The van der Waals surface area contributed by atoms with Gasteiger partial charge in [-0.1, -0.05) is 48.5 Å². The lowest BCUT2D eigenvalue weighted by Crippen LogP contribution is -2.55. The Kier molecular flexibility index (Phi) is 10.1. The highest BCUT2D eigenvalue weighted by molar-refractivity contribution is 6.33. The summed E-state index contributed by atoms with van der Waals surface area (Å²) in [5.74, 6) is -0.466. The zero-order valence-electron chi connectivity index (χ0n) is 23.5. The fourth-order valence-corrected chi connectivity index (χ4v) is 5.46. The predicted molar refractivity (Wildman–Crippen MR) is 161 cm³/mol. The van der Waals surface area contributed by atoms with Crippen molar-refractivity contribution in [3.05, 3.63) is 64.3 Å². The maximum atomic E-state index is 13.4. The van der Waals surface area contributed by atoms with Crippen molar-refractivity contribution in [3.63, 3.8) is 0 Å². The van der Waals surface area contributed by atoms with Gasteiger partial charge >= 0.3 is 5.97 Å². The van der Waals surface area contributed by atoms with Crippen molar-refractivity contribution >= 4 is 35.1 Å². The SMILES string of the molecule is COc1ccc(-c2ccc(C(=O)NC3(C(=O)O)CCCCC3)nc2-c2ccc(Cl)c(OCCCN(C)C)c2)c(Cl)c1. The van der Waals surface area contributed by atoms with Gasteiger partial charge in [-0.15, -0.1) is 0 Å². The predicted octanol–water partition coefficient (Wildman–Crippen LogP) is 6.58. The fourth-order valence-electron chi connectivity index (χ4n) is 5.02. The van der Waals surface area contributed by atoms with Gasteiger partial charge in [0.2, 0.25) is 0 Å². The number of pyridine rings is 1. The lowest BCUT2D eigenvalue weighted by molar-refractivity contribution is -0.145. The highest BCUT2D eigenvalue weighted by Gasteiger charge is 2.41. The number of nitrogens with one attached hydrogen (secondary N) is 1. The molecule has 0 bridgehead atoms. The lowest BCUT2D eigenvalue weighted by atomic mass is 9.81. The standard InChI is InChI=1S/C31H35Cl2N3O5/c1-36(2)16-7-17-41-27-18-20(8-12-24(27)32)28-23(22-10-9-21(40-3)19-25(22)33)11-13-26(34-28)29(37)35-31(30(38)39)14-5-4-6-15-31/h8-13,18-19H,4-7,14-17H2,1-3H3,(H,35,37)(H,38,39). The van der Waals surface area contributed by atoms with Crippen LogP contribution in [0, 0.1) is 0 Å². The Balaban J connectivity index is 1.75. The topological polar surface area (TPSA) is 101 Å². The number of carboxylic acids is 1. The summed E-state index contributed by atoms with van der Waals surface area (Å²) in [6.45, 7) is 1.35. The van der Waals surface area contributed by atoms with Gasteiger partial charge in [-0.2, -0.15) is 0 Å². The maximum Gasteiger partial charge on any atom is 0.329 e. The first-order valence-electron chi connectivity index (χ1n) is 13.6. The van der Waals surface area contributed by atoms with Crippen molar-refractivity contribution in [2.45, 2.75) is 44.1 Å². The molecular formula is C31H35Cl2N3O5. The normalized spacial score (nSPS) is 14.5. The van der Waals surface area contributed by atoms with Crippen LogP contribution in [0.1, 0.15) is 49.0 Å². The summed E-state index contributed by atoms with van der Waals surface area (Å²) in [6.07, 6.45) is 4.00. The van der Waals surface area contributed by atoms with Crippen LogP contribution in [0.5, 0.6) is 11.5 Å². The van der Waals surface area contributed by atoms with Crippen molar-refractivity contribution in [1.29, 1.82) is 0 Å². The van der Waals surface area contributed by atoms with E-state index in [9.17, 15) is 14.7 Å². The van der Waals surface area contributed by atoms with E-state index in [1.807, 2.05) is 20.2 Å². The van der Waals surface area contributed by atoms with Crippen LogP contribution in [0.4, 0.5) is 0 Å². The Hall–Kier alpha value is -3.33. The molecule has 2 aromatic carbocycles. The van der Waals surface area contributed by atoms with Crippen LogP contribution in [0.25, 0.3) is 22.4 Å². The van der Waals surface area contributed by atoms with E-state index < -0.39 is 17.4 Å². The minimum absolute atomic E-state index is 0.1000. The molecule has 0 spiro atoms. The average Bonchev–Trinajstić information content (AvgIpc) is 2.96. The zero-order valence-corrected chi connectivity index (χ0v) is 25.0. The number of benzene rings is 2. The molecule has 1 aliphatic carbocycles. The van der Waals surface area contributed by atoms with Gasteiger partial charge in [-0.3, -0.25) is 4.79 Å². The fraction of sp³-hybridized carbons (Fsp3) is 0.387.